The van der Waals surface area contributed by atoms with Gasteiger partial charge in [0.25, 0.3) is 5.91 Å². The minimum atomic E-state index is -0.0966. The van der Waals surface area contributed by atoms with Gasteiger partial charge in [-0.05, 0) is 38.4 Å². The van der Waals surface area contributed by atoms with Crippen molar-refractivity contribution in [2.45, 2.75) is 0 Å². The number of para-hydroxylation sites is 2. The van der Waals surface area contributed by atoms with E-state index in [4.69, 9.17) is 14.7 Å². The van der Waals surface area contributed by atoms with Crippen LogP contribution in [-0.4, -0.2) is 55.1 Å². The first-order valence-corrected chi connectivity index (χ1v) is 12.2. The van der Waals surface area contributed by atoms with Crippen LogP contribution in [0.25, 0.3) is 32.4 Å². The summed E-state index contributed by atoms with van der Waals surface area (Å²) in [7, 11) is 5.63. The number of nitrogens with zero attached hydrogens (tertiary/aromatic N) is 4. The maximum atomic E-state index is 14.2. The lowest BCUT2D eigenvalue weighted by Gasteiger charge is -2.23. The summed E-state index contributed by atoms with van der Waals surface area (Å²) in [5.41, 5.74) is 3.90. The minimum Gasteiger partial charge on any atom is -0.494 e. The number of pyridine rings is 1. The molecule has 5 rings (SSSR count). The first-order chi connectivity index (χ1) is 17.0. The number of methoxy groups -OCH3 is 1. The van der Waals surface area contributed by atoms with Crippen LogP contribution in [0.1, 0.15) is 10.4 Å². The molecule has 0 aliphatic rings. The van der Waals surface area contributed by atoms with E-state index in [9.17, 15) is 4.79 Å². The molecule has 0 atom stereocenters. The van der Waals surface area contributed by atoms with Crippen molar-refractivity contribution in [3.8, 4) is 17.0 Å². The van der Waals surface area contributed by atoms with E-state index in [-0.39, 0.29) is 18.3 Å². The molecular formula is C28H27ClN4O2S. The number of thiazole rings is 1. The van der Waals surface area contributed by atoms with Crippen molar-refractivity contribution in [1.82, 2.24) is 14.9 Å². The van der Waals surface area contributed by atoms with Gasteiger partial charge in [-0.3, -0.25) is 9.69 Å². The molecule has 0 bridgehead atoms. The van der Waals surface area contributed by atoms with E-state index in [0.29, 0.717) is 29.5 Å². The summed E-state index contributed by atoms with van der Waals surface area (Å²) in [5.74, 6) is 0.603. The van der Waals surface area contributed by atoms with E-state index in [2.05, 4.69) is 4.90 Å². The largest absolute Gasteiger partial charge is 0.494 e. The fourth-order valence-corrected chi connectivity index (χ4v) is 5.04. The van der Waals surface area contributed by atoms with Crippen molar-refractivity contribution in [3.63, 3.8) is 0 Å². The molecule has 3 aromatic carbocycles. The van der Waals surface area contributed by atoms with Gasteiger partial charge in [0.1, 0.15) is 11.3 Å². The minimum absolute atomic E-state index is 0. The van der Waals surface area contributed by atoms with Crippen LogP contribution < -0.4 is 9.64 Å². The van der Waals surface area contributed by atoms with Gasteiger partial charge in [0, 0.05) is 24.0 Å². The Morgan fingerprint density at radius 1 is 0.917 bits per heavy atom. The number of amides is 1. The summed E-state index contributed by atoms with van der Waals surface area (Å²) < 4.78 is 6.49. The molecule has 1 amide bonds. The van der Waals surface area contributed by atoms with Crippen molar-refractivity contribution >= 4 is 55.9 Å². The summed E-state index contributed by atoms with van der Waals surface area (Å²) in [4.78, 5) is 27.7. The molecule has 0 saturated carbocycles. The lowest BCUT2D eigenvalue weighted by Crippen LogP contribution is -2.37. The van der Waals surface area contributed by atoms with Gasteiger partial charge in [0.2, 0.25) is 0 Å². The number of carbonyl (C=O) groups excluding carboxylic acids is 1. The highest BCUT2D eigenvalue weighted by Crippen LogP contribution is 2.35. The van der Waals surface area contributed by atoms with Crippen LogP contribution in [0.4, 0.5) is 5.13 Å². The molecule has 2 heterocycles. The van der Waals surface area contributed by atoms with Crippen molar-refractivity contribution in [2.75, 3.05) is 39.2 Å². The number of anilines is 1. The second kappa shape index (κ2) is 11.0. The van der Waals surface area contributed by atoms with Gasteiger partial charge in [0.05, 0.1) is 28.6 Å². The van der Waals surface area contributed by atoms with Crippen molar-refractivity contribution < 1.29 is 9.53 Å². The Labute approximate surface area is 220 Å². The Hall–Kier alpha value is -3.52. The molecule has 8 heteroatoms. The molecule has 0 unspecified atom stereocenters. The van der Waals surface area contributed by atoms with Gasteiger partial charge < -0.3 is 9.64 Å². The number of likely N-dealkylation sites (N-methyl/N-ethyl adjacent to an activating group) is 1. The number of hydrogen-bond acceptors (Lipinski definition) is 6. The van der Waals surface area contributed by atoms with E-state index in [1.165, 1.54) is 11.3 Å². The summed E-state index contributed by atoms with van der Waals surface area (Å²) in [5, 5.41) is 1.48. The van der Waals surface area contributed by atoms with Gasteiger partial charge >= 0.3 is 0 Å². The number of aromatic nitrogens is 2. The quantitative estimate of drug-likeness (QED) is 0.258. The Morgan fingerprint density at radius 3 is 2.42 bits per heavy atom. The highest BCUT2D eigenvalue weighted by Gasteiger charge is 2.25. The van der Waals surface area contributed by atoms with Gasteiger partial charge in [-0.1, -0.05) is 65.9 Å². The number of halogens is 1. The molecule has 36 heavy (non-hydrogen) atoms. The zero-order chi connectivity index (χ0) is 24.4. The first kappa shape index (κ1) is 25.6. The zero-order valence-corrected chi connectivity index (χ0v) is 22.0. The van der Waals surface area contributed by atoms with Gasteiger partial charge in [0.15, 0.2) is 5.13 Å². The lowest BCUT2D eigenvalue weighted by atomic mass is 10.0. The van der Waals surface area contributed by atoms with Crippen molar-refractivity contribution in [3.05, 3.63) is 84.4 Å². The smallest absolute Gasteiger partial charge is 0.260 e. The molecule has 0 saturated heterocycles. The van der Waals surface area contributed by atoms with Crippen molar-refractivity contribution in [2.24, 2.45) is 0 Å². The van der Waals surface area contributed by atoms with Crippen LogP contribution in [0.2, 0.25) is 0 Å². The summed E-state index contributed by atoms with van der Waals surface area (Å²) >= 11 is 1.50. The van der Waals surface area contributed by atoms with Gasteiger partial charge in [-0.25, -0.2) is 9.97 Å². The van der Waals surface area contributed by atoms with Crippen molar-refractivity contribution in [1.29, 1.82) is 0 Å². The number of benzene rings is 3. The fourth-order valence-electron chi connectivity index (χ4n) is 4.03. The van der Waals surface area contributed by atoms with E-state index >= 15 is 0 Å². The third-order valence-electron chi connectivity index (χ3n) is 5.85. The maximum absolute atomic E-state index is 14.2. The fraction of sp³-hybridized carbons (Fsp3) is 0.179. The maximum Gasteiger partial charge on any atom is 0.260 e. The average molecular weight is 519 g/mol. The van der Waals surface area contributed by atoms with Gasteiger partial charge in [-0.15, -0.1) is 12.4 Å². The second-order valence-corrected chi connectivity index (χ2v) is 9.51. The van der Waals surface area contributed by atoms with E-state index in [1.807, 2.05) is 93.0 Å². The molecular weight excluding hydrogens is 492 g/mol. The SMILES string of the molecule is COc1cccc2sc(N(CCN(C)C)C(=O)c3cc(-c4ccccc4)nc4ccccc34)nc12.Cl. The number of hydrogen-bond donors (Lipinski definition) is 0. The summed E-state index contributed by atoms with van der Waals surface area (Å²) in [6.07, 6.45) is 0. The zero-order valence-electron chi connectivity index (χ0n) is 20.3. The van der Waals surface area contributed by atoms with Crippen LogP contribution in [0, 0.1) is 0 Å². The van der Waals surface area contributed by atoms with Crippen LogP contribution in [0.15, 0.2) is 78.9 Å². The number of carbonyl (C=O) groups is 1. The molecule has 0 fully saturated rings. The second-order valence-electron chi connectivity index (χ2n) is 8.50. The highest BCUT2D eigenvalue weighted by molar-refractivity contribution is 7.22. The van der Waals surface area contributed by atoms with Crippen LogP contribution >= 0.6 is 23.7 Å². The molecule has 0 N–H and O–H groups in total. The molecule has 0 radical (unpaired) electrons. The van der Waals surface area contributed by atoms with E-state index in [1.54, 1.807) is 12.0 Å². The average Bonchev–Trinajstić information content (AvgIpc) is 3.32. The molecule has 0 spiro atoms. The Bertz CT molecular complexity index is 1500. The predicted molar refractivity (Wildman–Crippen MR) is 151 cm³/mol. The third-order valence-corrected chi connectivity index (χ3v) is 6.90. The molecule has 0 aliphatic carbocycles. The van der Waals surface area contributed by atoms with Crippen LogP contribution in [0.3, 0.4) is 0 Å². The normalized spacial score (nSPS) is 11.0. The third kappa shape index (κ3) is 5.04. The summed E-state index contributed by atoms with van der Waals surface area (Å²) in [6.45, 7) is 1.21. The lowest BCUT2D eigenvalue weighted by molar-refractivity contribution is 0.0986. The van der Waals surface area contributed by atoms with Crippen LogP contribution in [0.5, 0.6) is 5.75 Å². The first-order valence-electron chi connectivity index (χ1n) is 11.4. The molecule has 184 valence electrons. The van der Waals surface area contributed by atoms with Crippen LogP contribution in [-0.2, 0) is 0 Å². The Balaban J connectivity index is 0.00000304. The molecule has 6 nitrogen and oxygen atoms in total. The standard InChI is InChI=1S/C28H26N4O2S.ClH/c1-31(2)16-17-32(28-30-26-24(34-3)14-9-15-25(26)35-28)27(33)21-18-23(19-10-5-4-6-11-19)29-22-13-8-7-12-20(21)22;/h4-15,18H,16-17H2,1-3H3;1H. The molecule has 2 aromatic heterocycles. The highest BCUT2D eigenvalue weighted by atomic mass is 35.5. The topological polar surface area (TPSA) is 58.6 Å². The number of fused-ring (bicyclic) bond motifs is 2. The number of rotatable bonds is 7. The monoisotopic (exact) mass is 518 g/mol. The van der Waals surface area contributed by atoms with E-state index < -0.39 is 0 Å². The molecule has 0 aliphatic heterocycles. The molecule has 5 aromatic rings. The number of ether oxygens (including phenoxy) is 1. The van der Waals surface area contributed by atoms with E-state index in [0.717, 1.165) is 32.4 Å². The Morgan fingerprint density at radius 2 is 1.67 bits per heavy atom. The Kier molecular flexibility index (Phi) is 7.84. The summed E-state index contributed by atoms with van der Waals surface area (Å²) in [6, 6.07) is 25.5. The van der Waals surface area contributed by atoms with Gasteiger partial charge in [-0.2, -0.15) is 0 Å². The predicted octanol–water partition coefficient (Wildman–Crippen LogP) is 6.15.